The number of hydrogen-bond donors (Lipinski definition) is 0. The van der Waals surface area contributed by atoms with Crippen LogP contribution in [-0.4, -0.2) is 9.04 Å². The fourth-order valence-electron chi connectivity index (χ4n) is 0.977. The van der Waals surface area contributed by atoms with Crippen LogP contribution < -0.4 is 0 Å². The van der Waals surface area contributed by atoms with Gasteiger partial charge < -0.3 is 4.43 Å². The Kier molecular flexibility index (Phi) is 2.32. The van der Waals surface area contributed by atoms with Crippen molar-refractivity contribution in [2.45, 2.75) is 26.4 Å². The van der Waals surface area contributed by atoms with Crippen LogP contribution in [0.1, 0.15) is 13.3 Å². The SMILES string of the molecule is CC1=CC(O[SiH](C)C)=CC1. The summed E-state index contributed by atoms with van der Waals surface area (Å²) in [5.41, 5.74) is 1.41. The Morgan fingerprint density at radius 1 is 1.50 bits per heavy atom. The first-order valence-electron chi connectivity index (χ1n) is 3.72. The second-order valence-electron chi connectivity index (χ2n) is 2.97. The van der Waals surface area contributed by atoms with Crippen molar-refractivity contribution in [3.63, 3.8) is 0 Å². The van der Waals surface area contributed by atoms with E-state index in [1.54, 1.807) is 0 Å². The molecule has 0 radical (unpaired) electrons. The van der Waals surface area contributed by atoms with Gasteiger partial charge in [-0.15, -0.1) is 0 Å². The Bertz CT molecular complexity index is 180. The largest absolute Gasteiger partial charge is 0.547 e. The van der Waals surface area contributed by atoms with Gasteiger partial charge in [-0.25, -0.2) is 0 Å². The quantitative estimate of drug-likeness (QED) is 0.554. The molecule has 1 aliphatic rings. The molecule has 0 N–H and O–H groups in total. The van der Waals surface area contributed by atoms with Crippen molar-refractivity contribution in [3.05, 3.63) is 23.5 Å². The maximum Gasteiger partial charge on any atom is 0.229 e. The molecule has 0 spiro atoms. The lowest BCUT2D eigenvalue weighted by molar-refractivity contribution is 0.462. The molecule has 0 saturated carbocycles. The van der Waals surface area contributed by atoms with Crippen LogP contribution in [-0.2, 0) is 4.43 Å². The third kappa shape index (κ3) is 2.03. The number of allylic oxidation sites excluding steroid dienone is 3. The van der Waals surface area contributed by atoms with Crippen LogP contribution in [0.15, 0.2) is 23.5 Å². The van der Waals surface area contributed by atoms with E-state index in [0.717, 1.165) is 12.2 Å². The monoisotopic (exact) mass is 154 g/mol. The maximum absolute atomic E-state index is 5.61. The van der Waals surface area contributed by atoms with E-state index in [1.807, 2.05) is 0 Å². The lowest BCUT2D eigenvalue weighted by atomic mass is 10.3. The van der Waals surface area contributed by atoms with Crippen molar-refractivity contribution in [3.8, 4) is 0 Å². The highest BCUT2D eigenvalue weighted by Crippen LogP contribution is 2.17. The van der Waals surface area contributed by atoms with Crippen LogP contribution >= 0.6 is 0 Å². The van der Waals surface area contributed by atoms with Crippen LogP contribution in [0.5, 0.6) is 0 Å². The van der Waals surface area contributed by atoms with Crippen LogP contribution in [0.25, 0.3) is 0 Å². The fourth-order valence-corrected chi connectivity index (χ4v) is 1.69. The molecule has 1 nitrogen and oxygen atoms in total. The third-order valence-corrected chi connectivity index (χ3v) is 2.13. The Morgan fingerprint density at radius 2 is 2.20 bits per heavy atom. The standard InChI is InChI=1S/C8H14OSi/c1-7-4-5-8(6-7)9-10(2)3/h5-6,10H,4H2,1-3H3. The predicted molar refractivity (Wildman–Crippen MR) is 46.4 cm³/mol. The number of rotatable bonds is 2. The summed E-state index contributed by atoms with van der Waals surface area (Å²) in [7, 11) is -0.864. The first-order chi connectivity index (χ1) is 4.68. The second-order valence-corrected chi connectivity index (χ2v) is 5.30. The molecule has 56 valence electrons. The molecule has 0 amide bonds. The van der Waals surface area contributed by atoms with Crippen LogP contribution in [0.3, 0.4) is 0 Å². The topological polar surface area (TPSA) is 9.23 Å². The average molecular weight is 154 g/mol. The van der Waals surface area contributed by atoms with Gasteiger partial charge in [-0.05, 0) is 38.6 Å². The smallest absolute Gasteiger partial charge is 0.229 e. The van der Waals surface area contributed by atoms with Crippen molar-refractivity contribution >= 4 is 9.04 Å². The van der Waals surface area contributed by atoms with Gasteiger partial charge in [0.05, 0.1) is 5.76 Å². The van der Waals surface area contributed by atoms with Gasteiger partial charge in [0.1, 0.15) is 0 Å². The summed E-state index contributed by atoms with van der Waals surface area (Å²) in [5, 5.41) is 0. The van der Waals surface area contributed by atoms with Crippen LogP contribution in [0, 0.1) is 0 Å². The molecule has 0 bridgehead atoms. The predicted octanol–water partition coefficient (Wildman–Crippen LogP) is 2.22. The normalized spacial score (nSPS) is 17.2. The van der Waals surface area contributed by atoms with Gasteiger partial charge in [0.15, 0.2) is 0 Å². The number of hydrogen-bond acceptors (Lipinski definition) is 1. The first-order valence-corrected chi connectivity index (χ1v) is 6.50. The van der Waals surface area contributed by atoms with Gasteiger partial charge in [-0.3, -0.25) is 0 Å². The molecule has 0 atom stereocenters. The van der Waals surface area contributed by atoms with Gasteiger partial charge in [0.2, 0.25) is 9.04 Å². The van der Waals surface area contributed by atoms with E-state index in [-0.39, 0.29) is 0 Å². The average Bonchev–Trinajstić information content (AvgIpc) is 2.13. The van der Waals surface area contributed by atoms with E-state index >= 15 is 0 Å². The molecule has 0 aromatic carbocycles. The fraction of sp³-hybridized carbons (Fsp3) is 0.500. The zero-order chi connectivity index (χ0) is 7.56. The van der Waals surface area contributed by atoms with Crippen molar-refractivity contribution in [2.75, 3.05) is 0 Å². The summed E-state index contributed by atoms with van der Waals surface area (Å²) in [6.07, 6.45) is 5.37. The van der Waals surface area contributed by atoms with Gasteiger partial charge in [-0.2, -0.15) is 0 Å². The molecule has 0 fully saturated rings. The Morgan fingerprint density at radius 3 is 2.60 bits per heavy atom. The molecule has 0 heterocycles. The molecule has 1 aliphatic carbocycles. The Hall–Kier alpha value is -0.503. The minimum absolute atomic E-state index is 0.864. The zero-order valence-electron chi connectivity index (χ0n) is 6.85. The van der Waals surface area contributed by atoms with Crippen LogP contribution in [0.4, 0.5) is 0 Å². The van der Waals surface area contributed by atoms with Crippen molar-refractivity contribution < 1.29 is 4.43 Å². The molecule has 0 unspecified atom stereocenters. The summed E-state index contributed by atoms with van der Waals surface area (Å²) in [5.74, 6) is 1.10. The van der Waals surface area contributed by atoms with E-state index in [0.29, 0.717) is 0 Å². The Balaban J connectivity index is 2.44. The third-order valence-electron chi connectivity index (χ3n) is 1.39. The maximum atomic E-state index is 5.61. The second kappa shape index (κ2) is 3.06. The summed E-state index contributed by atoms with van der Waals surface area (Å²) >= 11 is 0. The van der Waals surface area contributed by atoms with E-state index in [9.17, 15) is 0 Å². The summed E-state index contributed by atoms with van der Waals surface area (Å²) < 4.78 is 5.61. The van der Waals surface area contributed by atoms with E-state index in [2.05, 4.69) is 32.2 Å². The molecular formula is C8H14OSi. The molecular weight excluding hydrogens is 140 g/mol. The first kappa shape index (κ1) is 7.60. The minimum Gasteiger partial charge on any atom is -0.547 e. The van der Waals surface area contributed by atoms with Gasteiger partial charge >= 0.3 is 0 Å². The molecule has 10 heavy (non-hydrogen) atoms. The highest BCUT2D eigenvalue weighted by Gasteiger charge is 2.04. The van der Waals surface area contributed by atoms with Crippen LogP contribution in [0.2, 0.25) is 13.1 Å². The van der Waals surface area contributed by atoms with Crippen molar-refractivity contribution in [2.24, 2.45) is 0 Å². The van der Waals surface area contributed by atoms with Gasteiger partial charge in [-0.1, -0.05) is 5.57 Å². The van der Waals surface area contributed by atoms with Gasteiger partial charge in [0.25, 0.3) is 0 Å². The lowest BCUT2D eigenvalue weighted by Gasteiger charge is -2.06. The molecule has 0 aliphatic heterocycles. The van der Waals surface area contributed by atoms with E-state index < -0.39 is 9.04 Å². The lowest BCUT2D eigenvalue weighted by Crippen LogP contribution is -2.04. The van der Waals surface area contributed by atoms with Gasteiger partial charge in [0, 0.05) is 0 Å². The molecule has 0 saturated heterocycles. The molecule has 2 heteroatoms. The Labute approximate surface area is 64.1 Å². The van der Waals surface area contributed by atoms with E-state index in [1.165, 1.54) is 5.57 Å². The van der Waals surface area contributed by atoms with E-state index in [4.69, 9.17) is 4.43 Å². The summed E-state index contributed by atoms with van der Waals surface area (Å²) in [6.45, 7) is 6.50. The molecule has 0 aromatic rings. The molecule has 1 rings (SSSR count). The summed E-state index contributed by atoms with van der Waals surface area (Å²) in [6, 6.07) is 0. The minimum atomic E-state index is -0.864. The molecule has 0 aromatic heterocycles. The van der Waals surface area contributed by atoms with Crippen molar-refractivity contribution in [1.82, 2.24) is 0 Å². The highest BCUT2D eigenvalue weighted by molar-refractivity contribution is 6.48. The highest BCUT2D eigenvalue weighted by atomic mass is 28.3. The zero-order valence-corrected chi connectivity index (χ0v) is 8.00. The summed E-state index contributed by atoms with van der Waals surface area (Å²) in [4.78, 5) is 0. The van der Waals surface area contributed by atoms with Crippen molar-refractivity contribution in [1.29, 1.82) is 0 Å².